The summed E-state index contributed by atoms with van der Waals surface area (Å²) in [5.74, 6) is -0.924. The Hall–Kier alpha value is -2.48. The van der Waals surface area contributed by atoms with Crippen LogP contribution in [0.2, 0.25) is 0 Å². The fourth-order valence-corrected chi connectivity index (χ4v) is 4.48. The Bertz CT molecular complexity index is 1170. The lowest BCUT2D eigenvalue weighted by atomic mass is 9.82. The van der Waals surface area contributed by atoms with E-state index in [2.05, 4.69) is 37.2 Å². The SMILES string of the molecule is O=C1c2ccccc2C(=O)c2c(Nc3cc(Br)c(CCO)cc3Br)ccc(O)c21. The molecular weight excluding hydrogens is 502 g/mol. The van der Waals surface area contributed by atoms with E-state index in [0.717, 1.165) is 14.5 Å². The van der Waals surface area contributed by atoms with Crippen LogP contribution in [-0.4, -0.2) is 28.4 Å². The summed E-state index contributed by atoms with van der Waals surface area (Å²) in [6.07, 6.45) is 0.498. The molecule has 0 saturated heterocycles. The van der Waals surface area contributed by atoms with Gasteiger partial charge in [0.25, 0.3) is 0 Å². The van der Waals surface area contributed by atoms with Crippen molar-refractivity contribution in [1.29, 1.82) is 0 Å². The third kappa shape index (κ3) is 3.39. The molecule has 0 unspecified atom stereocenters. The van der Waals surface area contributed by atoms with Crippen LogP contribution in [-0.2, 0) is 6.42 Å². The number of aliphatic hydroxyl groups is 1. The minimum absolute atomic E-state index is 0.00536. The van der Waals surface area contributed by atoms with Gasteiger partial charge in [0.15, 0.2) is 11.6 Å². The molecule has 1 aliphatic carbocycles. The van der Waals surface area contributed by atoms with E-state index in [-0.39, 0.29) is 40.6 Å². The second-order valence-electron chi connectivity index (χ2n) is 6.61. The molecule has 0 saturated carbocycles. The van der Waals surface area contributed by atoms with Gasteiger partial charge in [0.1, 0.15) is 5.75 Å². The topological polar surface area (TPSA) is 86.6 Å². The van der Waals surface area contributed by atoms with E-state index in [0.29, 0.717) is 23.4 Å². The van der Waals surface area contributed by atoms with E-state index in [4.69, 9.17) is 0 Å². The number of benzene rings is 3. The fraction of sp³-hybridized carbons (Fsp3) is 0.0909. The van der Waals surface area contributed by atoms with E-state index in [1.165, 1.54) is 6.07 Å². The summed E-state index contributed by atoms with van der Waals surface area (Å²) in [6.45, 7) is 0.0271. The quantitative estimate of drug-likeness (QED) is 0.333. The van der Waals surface area contributed by atoms with Gasteiger partial charge in [0.2, 0.25) is 0 Å². The largest absolute Gasteiger partial charge is 0.507 e. The first-order chi connectivity index (χ1) is 13.9. The number of phenols is 1. The summed E-state index contributed by atoms with van der Waals surface area (Å²) < 4.78 is 1.54. The van der Waals surface area contributed by atoms with E-state index < -0.39 is 0 Å². The van der Waals surface area contributed by atoms with Gasteiger partial charge in [0, 0.05) is 26.7 Å². The molecule has 3 N–H and O–H groups in total. The van der Waals surface area contributed by atoms with Crippen LogP contribution in [0.5, 0.6) is 5.75 Å². The van der Waals surface area contributed by atoms with Crippen LogP contribution >= 0.6 is 31.9 Å². The highest BCUT2D eigenvalue weighted by Gasteiger charge is 2.34. The average molecular weight is 517 g/mol. The molecule has 29 heavy (non-hydrogen) atoms. The molecule has 0 spiro atoms. The molecule has 146 valence electrons. The number of halogens is 2. The number of rotatable bonds is 4. The average Bonchev–Trinajstić information content (AvgIpc) is 2.71. The fourth-order valence-electron chi connectivity index (χ4n) is 3.45. The number of hydrogen-bond acceptors (Lipinski definition) is 5. The summed E-state index contributed by atoms with van der Waals surface area (Å²) >= 11 is 7.00. The van der Waals surface area contributed by atoms with Crippen LogP contribution in [0, 0.1) is 0 Å². The van der Waals surface area contributed by atoms with Gasteiger partial charge in [-0.25, -0.2) is 0 Å². The minimum Gasteiger partial charge on any atom is -0.507 e. The standard InChI is InChI=1S/C22H15Br2NO4/c23-14-10-17(15(24)9-11(14)7-8-26)25-16-5-6-18(27)20-19(16)21(28)12-3-1-2-4-13(12)22(20)29/h1-6,9-10,25-27H,7-8H2. The monoisotopic (exact) mass is 515 g/mol. The van der Waals surface area contributed by atoms with E-state index in [1.54, 1.807) is 30.3 Å². The Morgan fingerprint density at radius 2 is 1.48 bits per heavy atom. The number of aliphatic hydroxyl groups excluding tert-OH is 1. The Morgan fingerprint density at radius 1 is 0.828 bits per heavy atom. The zero-order valence-corrected chi connectivity index (χ0v) is 18.2. The van der Waals surface area contributed by atoms with E-state index in [9.17, 15) is 19.8 Å². The van der Waals surface area contributed by atoms with Crippen LogP contribution in [0.4, 0.5) is 11.4 Å². The van der Waals surface area contributed by atoms with Crippen molar-refractivity contribution in [1.82, 2.24) is 0 Å². The highest BCUT2D eigenvalue weighted by Crippen LogP contribution is 2.39. The number of hydrogen-bond donors (Lipinski definition) is 3. The highest BCUT2D eigenvalue weighted by molar-refractivity contribution is 9.11. The smallest absolute Gasteiger partial charge is 0.198 e. The van der Waals surface area contributed by atoms with Crippen molar-refractivity contribution in [2.24, 2.45) is 0 Å². The second kappa shape index (κ2) is 7.74. The van der Waals surface area contributed by atoms with Crippen LogP contribution < -0.4 is 5.32 Å². The zero-order valence-electron chi connectivity index (χ0n) is 15.0. The summed E-state index contributed by atoms with van der Waals surface area (Å²) in [7, 11) is 0. The minimum atomic E-state index is -0.380. The summed E-state index contributed by atoms with van der Waals surface area (Å²) in [4.78, 5) is 26.1. The van der Waals surface area contributed by atoms with Crippen molar-refractivity contribution in [2.45, 2.75) is 6.42 Å². The van der Waals surface area contributed by atoms with Crippen molar-refractivity contribution < 1.29 is 19.8 Å². The lowest BCUT2D eigenvalue weighted by molar-refractivity contribution is 0.0977. The zero-order chi connectivity index (χ0) is 20.7. The Morgan fingerprint density at radius 3 is 2.14 bits per heavy atom. The van der Waals surface area contributed by atoms with Gasteiger partial charge in [-0.1, -0.05) is 40.2 Å². The molecule has 0 aromatic heterocycles. The molecule has 0 bridgehead atoms. The lowest BCUT2D eigenvalue weighted by Gasteiger charge is -2.22. The van der Waals surface area contributed by atoms with Gasteiger partial charge in [-0.15, -0.1) is 0 Å². The van der Waals surface area contributed by atoms with Crippen molar-refractivity contribution in [3.05, 3.63) is 85.3 Å². The molecule has 3 aromatic rings. The third-order valence-electron chi connectivity index (χ3n) is 4.84. The van der Waals surface area contributed by atoms with Crippen LogP contribution in [0.1, 0.15) is 37.4 Å². The van der Waals surface area contributed by atoms with Gasteiger partial charge in [-0.3, -0.25) is 9.59 Å². The Kier molecular flexibility index (Phi) is 5.29. The van der Waals surface area contributed by atoms with Crippen molar-refractivity contribution in [3.8, 4) is 5.75 Å². The Balaban J connectivity index is 1.83. The first kappa shape index (κ1) is 19.8. The molecule has 0 fully saturated rings. The molecule has 5 nitrogen and oxygen atoms in total. The molecular formula is C22H15Br2NO4. The van der Waals surface area contributed by atoms with Gasteiger partial charge < -0.3 is 15.5 Å². The number of anilines is 2. The molecule has 0 atom stereocenters. The maximum absolute atomic E-state index is 13.2. The maximum Gasteiger partial charge on any atom is 0.198 e. The molecule has 0 radical (unpaired) electrons. The predicted octanol–water partition coefficient (Wildman–Crippen LogP) is 4.97. The molecule has 7 heteroatoms. The van der Waals surface area contributed by atoms with Crippen molar-refractivity contribution >= 4 is 54.8 Å². The van der Waals surface area contributed by atoms with E-state index in [1.807, 2.05) is 12.1 Å². The second-order valence-corrected chi connectivity index (χ2v) is 8.32. The summed E-state index contributed by atoms with van der Waals surface area (Å²) in [5, 5.41) is 22.7. The first-order valence-electron chi connectivity index (χ1n) is 8.82. The molecule has 0 heterocycles. The number of phenolic OH excluding ortho intramolecular Hbond substituents is 1. The molecule has 4 rings (SSSR count). The number of carbonyl (C=O) groups excluding carboxylic acids is 2. The number of nitrogens with one attached hydrogen (secondary N) is 1. The molecule has 3 aromatic carbocycles. The van der Waals surface area contributed by atoms with E-state index >= 15 is 0 Å². The van der Waals surface area contributed by atoms with Crippen LogP contribution in [0.3, 0.4) is 0 Å². The number of carbonyl (C=O) groups is 2. The number of fused-ring (bicyclic) bond motifs is 2. The first-order valence-corrected chi connectivity index (χ1v) is 10.4. The van der Waals surface area contributed by atoms with Gasteiger partial charge in [0.05, 0.1) is 22.5 Å². The maximum atomic E-state index is 13.2. The van der Waals surface area contributed by atoms with Crippen molar-refractivity contribution in [2.75, 3.05) is 11.9 Å². The third-order valence-corrected chi connectivity index (χ3v) is 6.23. The highest BCUT2D eigenvalue weighted by atomic mass is 79.9. The predicted molar refractivity (Wildman–Crippen MR) is 117 cm³/mol. The normalized spacial score (nSPS) is 12.5. The van der Waals surface area contributed by atoms with Crippen molar-refractivity contribution in [3.63, 3.8) is 0 Å². The summed E-state index contributed by atoms with van der Waals surface area (Å²) in [5.41, 5.74) is 2.78. The lowest BCUT2D eigenvalue weighted by Crippen LogP contribution is -2.22. The number of ketones is 2. The van der Waals surface area contributed by atoms with Gasteiger partial charge in [-0.2, -0.15) is 0 Å². The molecule has 0 amide bonds. The molecule has 1 aliphatic rings. The summed E-state index contributed by atoms with van der Waals surface area (Å²) in [6, 6.07) is 13.3. The van der Waals surface area contributed by atoms with Gasteiger partial charge in [-0.05, 0) is 52.2 Å². The number of aromatic hydroxyl groups is 1. The van der Waals surface area contributed by atoms with Gasteiger partial charge >= 0.3 is 0 Å². The molecule has 0 aliphatic heterocycles. The van der Waals surface area contributed by atoms with Crippen LogP contribution in [0.15, 0.2) is 57.5 Å². The van der Waals surface area contributed by atoms with Crippen LogP contribution in [0.25, 0.3) is 0 Å². The Labute approximate surface area is 183 Å².